The van der Waals surface area contributed by atoms with E-state index in [2.05, 4.69) is 9.97 Å². The molecule has 0 saturated carbocycles. The van der Waals surface area contributed by atoms with Crippen molar-refractivity contribution in [2.24, 2.45) is 0 Å². The third-order valence-corrected chi connectivity index (χ3v) is 2.85. The number of non-ortho nitro benzene ring substituents is 1. The molecule has 3 aromatic rings. The zero-order valence-electron chi connectivity index (χ0n) is 10.1. The molecule has 0 unspecified atom stereocenters. The molecule has 0 atom stereocenters. The summed E-state index contributed by atoms with van der Waals surface area (Å²) in [6.07, 6.45) is -3.33. The van der Waals surface area contributed by atoms with Gasteiger partial charge >= 0.3 is 6.18 Å². The Bertz CT molecular complexity index is 821. The quantitative estimate of drug-likeness (QED) is 0.576. The van der Waals surface area contributed by atoms with Gasteiger partial charge in [0.2, 0.25) is 0 Å². The number of aromatic nitrogens is 2. The molecule has 3 rings (SSSR count). The minimum atomic E-state index is -4.69. The lowest BCUT2D eigenvalue weighted by molar-refractivity contribution is -0.383. The molecule has 0 spiro atoms. The number of fused-ring (bicyclic) bond motifs is 1. The summed E-state index contributed by atoms with van der Waals surface area (Å²) < 4.78 is 43.4. The summed E-state index contributed by atoms with van der Waals surface area (Å²) in [5, 5.41) is 11.0. The van der Waals surface area contributed by atoms with Crippen LogP contribution >= 0.6 is 0 Å². The number of nitro groups is 1. The van der Waals surface area contributed by atoms with E-state index < -0.39 is 22.4 Å². The summed E-state index contributed by atoms with van der Waals surface area (Å²) in [5.41, 5.74) is -2.06. The lowest BCUT2D eigenvalue weighted by Gasteiger charge is -2.05. The highest BCUT2D eigenvalue weighted by Gasteiger charge is 2.34. The Morgan fingerprint density at radius 2 is 2.10 bits per heavy atom. The van der Waals surface area contributed by atoms with Gasteiger partial charge in [-0.15, -0.1) is 0 Å². The Morgan fingerprint density at radius 3 is 2.67 bits per heavy atom. The zero-order valence-corrected chi connectivity index (χ0v) is 10.1. The van der Waals surface area contributed by atoms with E-state index >= 15 is 0 Å². The maximum Gasteiger partial charge on any atom is 0.416 e. The fraction of sp³-hybridized carbons (Fsp3) is 0.0833. The predicted molar refractivity (Wildman–Crippen MR) is 65.5 cm³/mol. The SMILES string of the molecule is O=[N+]([O-])c1cc(C(F)(F)F)cc2[nH]c(-c3ccco3)nc12. The molecule has 0 aliphatic rings. The highest BCUT2D eigenvalue weighted by atomic mass is 19.4. The van der Waals surface area contributed by atoms with Crippen molar-refractivity contribution in [3.63, 3.8) is 0 Å². The van der Waals surface area contributed by atoms with Gasteiger partial charge < -0.3 is 9.40 Å². The van der Waals surface area contributed by atoms with Gasteiger partial charge in [0.1, 0.15) is 0 Å². The minimum Gasteiger partial charge on any atom is -0.461 e. The largest absolute Gasteiger partial charge is 0.461 e. The van der Waals surface area contributed by atoms with Crippen molar-refractivity contribution >= 4 is 16.7 Å². The molecule has 0 saturated heterocycles. The number of nitrogens with one attached hydrogen (secondary N) is 1. The van der Waals surface area contributed by atoms with Crippen molar-refractivity contribution in [3.8, 4) is 11.6 Å². The third kappa shape index (κ3) is 2.22. The van der Waals surface area contributed by atoms with E-state index in [4.69, 9.17) is 4.42 Å². The standard InChI is InChI=1S/C12H6F3N3O3/c13-12(14,15)6-4-7-10(8(5-6)18(19)20)17-11(16-7)9-2-1-3-21-9/h1-5H,(H,16,17). The second-order valence-corrected chi connectivity index (χ2v) is 4.21. The fourth-order valence-corrected chi connectivity index (χ4v) is 1.93. The van der Waals surface area contributed by atoms with Crippen LogP contribution in [0.4, 0.5) is 18.9 Å². The monoisotopic (exact) mass is 297 g/mol. The van der Waals surface area contributed by atoms with Crippen LogP contribution < -0.4 is 0 Å². The summed E-state index contributed by atoms with van der Waals surface area (Å²) in [4.78, 5) is 16.6. The van der Waals surface area contributed by atoms with Crippen molar-refractivity contribution in [3.05, 3.63) is 46.2 Å². The van der Waals surface area contributed by atoms with E-state index in [1.165, 1.54) is 12.3 Å². The lowest BCUT2D eigenvalue weighted by Crippen LogP contribution is -2.05. The molecule has 2 heterocycles. The number of nitro benzene ring substituents is 1. The number of alkyl halides is 3. The number of halogens is 3. The van der Waals surface area contributed by atoms with Crippen LogP contribution in [0.5, 0.6) is 0 Å². The van der Waals surface area contributed by atoms with Crippen LogP contribution in [0.2, 0.25) is 0 Å². The van der Waals surface area contributed by atoms with Crippen LogP contribution in [0.1, 0.15) is 5.56 Å². The van der Waals surface area contributed by atoms with E-state index in [0.29, 0.717) is 6.07 Å². The van der Waals surface area contributed by atoms with Gasteiger partial charge in [0, 0.05) is 6.07 Å². The van der Waals surface area contributed by atoms with Crippen LogP contribution in [0, 0.1) is 10.1 Å². The fourth-order valence-electron chi connectivity index (χ4n) is 1.93. The summed E-state index contributed by atoms with van der Waals surface area (Å²) >= 11 is 0. The van der Waals surface area contributed by atoms with Gasteiger partial charge in [0.15, 0.2) is 17.1 Å². The van der Waals surface area contributed by atoms with Crippen LogP contribution in [-0.2, 0) is 6.18 Å². The number of rotatable bonds is 2. The van der Waals surface area contributed by atoms with E-state index in [0.717, 1.165) is 6.07 Å². The number of hydrogen-bond acceptors (Lipinski definition) is 4. The number of nitrogens with zero attached hydrogens (tertiary/aromatic N) is 2. The van der Waals surface area contributed by atoms with Crippen molar-refractivity contribution in [2.45, 2.75) is 6.18 Å². The number of benzene rings is 1. The molecule has 0 bridgehead atoms. The van der Waals surface area contributed by atoms with E-state index in [9.17, 15) is 23.3 Å². The van der Waals surface area contributed by atoms with Crippen molar-refractivity contribution in [2.75, 3.05) is 0 Å². The van der Waals surface area contributed by atoms with Gasteiger partial charge in [0.25, 0.3) is 5.69 Å². The van der Waals surface area contributed by atoms with Crippen molar-refractivity contribution in [1.82, 2.24) is 9.97 Å². The average molecular weight is 297 g/mol. The van der Waals surface area contributed by atoms with Gasteiger partial charge in [-0.1, -0.05) is 0 Å². The Labute approximate surface area is 114 Å². The molecule has 0 aliphatic carbocycles. The van der Waals surface area contributed by atoms with Gasteiger partial charge in [-0.25, -0.2) is 4.98 Å². The zero-order chi connectivity index (χ0) is 15.2. The first-order valence-electron chi connectivity index (χ1n) is 5.65. The number of furan rings is 1. The topological polar surface area (TPSA) is 85.0 Å². The first-order valence-corrected chi connectivity index (χ1v) is 5.65. The number of H-pyrrole nitrogens is 1. The second-order valence-electron chi connectivity index (χ2n) is 4.21. The first kappa shape index (κ1) is 13.2. The highest BCUT2D eigenvalue weighted by molar-refractivity contribution is 5.87. The van der Waals surface area contributed by atoms with E-state index in [1.54, 1.807) is 6.07 Å². The Kier molecular flexibility index (Phi) is 2.71. The van der Waals surface area contributed by atoms with Crippen LogP contribution in [0.25, 0.3) is 22.6 Å². The molecular formula is C12H6F3N3O3. The molecule has 108 valence electrons. The van der Waals surface area contributed by atoms with Gasteiger partial charge in [-0.2, -0.15) is 13.2 Å². The molecule has 2 aromatic heterocycles. The maximum absolute atomic E-state index is 12.8. The molecule has 0 amide bonds. The molecule has 0 aliphatic heterocycles. The Morgan fingerprint density at radius 1 is 1.33 bits per heavy atom. The first-order chi connectivity index (χ1) is 9.86. The molecule has 0 fully saturated rings. The van der Waals surface area contributed by atoms with Gasteiger partial charge in [0.05, 0.1) is 22.3 Å². The third-order valence-electron chi connectivity index (χ3n) is 2.85. The van der Waals surface area contributed by atoms with Crippen LogP contribution in [-0.4, -0.2) is 14.9 Å². The van der Waals surface area contributed by atoms with Crippen molar-refractivity contribution < 1.29 is 22.5 Å². The molecular weight excluding hydrogens is 291 g/mol. The van der Waals surface area contributed by atoms with E-state index in [-0.39, 0.29) is 22.6 Å². The maximum atomic E-state index is 12.8. The van der Waals surface area contributed by atoms with Gasteiger partial charge in [-0.3, -0.25) is 10.1 Å². The summed E-state index contributed by atoms with van der Waals surface area (Å²) in [5.74, 6) is 0.395. The summed E-state index contributed by atoms with van der Waals surface area (Å²) in [6, 6.07) is 4.35. The smallest absolute Gasteiger partial charge is 0.416 e. The minimum absolute atomic E-state index is 0.0806. The van der Waals surface area contributed by atoms with Crippen LogP contribution in [0.3, 0.4) is 0 Å². The van der Waals surface area contributed by atoms with Crippen molar-refractivity contribution in [1.29, 1.82) is 0 Å². The normalized spacial score (nSPS) is 12.0. The molecule has 1 N–H and O–H groups in total. The summed E-state index contributed by atoms with van der Waals surface area (Å²) in [6.45, 7) is 0. The second kappa shape index (κ2) is 4.33. The Hall–Kier alpha value is -2.84. The molecule has 0 radical (unpaired) electrons. The molecule has 21 heavy (non-hydrogen) atoms. The lowest BCUT2D eigenvalue weighted by atomic mass is 10.1. The Balaban J connectivity index is 2.28. The molecule has 1 aromatic carbocycles. The average Bonchev–Trinajstić information content (AvgIpc) is 3.04. The highest BCUT2D eigenvalue weighted by Crippen LogP contribution is 2.36. The number of hydrogen-bond donors (Lipinski definition) is 1. The predicted octanol–water partition coefficient (Wildman–Crippen LogP) is 3.75. The number of aromatic amines is 1. The van der Waals surface area contributed by atoms with Crippen LogP contribution in [0.15, 0.2) is 34.9 Å². The molecule has 6 nitrogen and oxygen atoms in total. The van der Waals surface area contributed by atoms with E-state index in [1.807, 2.05) is 0 Å². The molecule has 9 heteroatoms. The number of imidazole rings is 1. The van der Waals surface area contributed by atoms with Gasteiger partial charge in [-0.05, 0) is 18.2 Å². The summed E-state index contributed by atoms with van der Waals surface area (Å²) in [7, 11) is 0.